The maximum Gasteiger partial charge on any atom is 0.255 e. The minimum atomic E-state index is -0.302. The first-order valence-corrected chi connectivity index (χ1v) is 7.18. The summed E-state index contributed by atoms with van der Waals surface area (Å²) in [6.07, 6.45) is 0.931. The first kappa shape index (κ1) is 13.7. The molecular weight excluding hydrogens is 346 g/mol. The zero-order chi connectivity index (χ0) is 13.1. The van der Waals surface area contributed by atoms with Crippen molar-refractivity contribution in [1.29, 1.82) is 0 Å². The van der Waals surface area contributed by atoms with Gasteiger partial charge in [-0.05, 0) is 47.2 Å². The maximum atomic E-state index is 13.1. The summed E-state index contributed by atoms with van der Waals surface area (Å²) in [5.74, 6) is -0.295. The van der Waals surface area contributed by atoms with Crippen molar-refractivity contribution in [1.82, 2.24) is 10.2 Å². The summed E-state index contributed by atoms with van der Waals surface area (Å²) in [6, 6.07) is 4.60. The van der Waals surface area contributed by atoms with Crippen LogP contribution in [0.4, 0.5) is 4.39 Å². The Morgan fingerprint density at radius 3 is 2.78 bits per heavy atom. The number of carbonyl (C=O) groups excluding carboxylic acids is 1. The van der Waals surface area contributed by atoms with E-state index in [1.54, 1.807) is 6.07 Å². The highest BCUT2D eigenvalue weighted by Gasteiger charge is 2.29. The molecule has 1 N–H and O–H groups in total. The van der Waals surface area contributed by atoms with Gasteiger partial charge < -0.3 is 10.2 Å². The van der Waals surface area contributed by atoms with Crippen LogP contribution in [0, 0.1) is 9.39 Å². The van der Waals surface area contributed by atoms with Gasteiger partial charge in [0, 0.05) is 23.2 Å². The molecule has 1 aliphatic rings. The number of rotatable bonds is 4. The van der Waals surface area contributed by atoms with Crippen molar-refractivity contribution in [2.24, 2.45) is 0 Å². The van der Waals surface area contributed by atoms with Gasteiger partial charge in [-0.3, -0.25) is 4.79 Å². The van der Waals surface area contributed by atoms with Crippen LogP contribution in [0.2, 0.25) is 0 Å². The Bertz CT molecular complexity index is 449. The van der Waals surface area contributed by atoms with Crippen molar-refractivity contribution < 1.29 is 9.18 Å². The van der Waals surface area contributed by atoms with Crippen molar-refractivity contribution in [2.75, 3.05) is 19.6 Å². The maximum absolute atomic E-state index is 13.1. The second-order valence-corrected chi connectivity index (χ2v) is 5.60. The molecule has 1 amide bonds. The monoisotopic (exact) mass is 362 g/mol. The molecule has 0 unspecified atom stereocenters. The summed E-state index contributed by atoms with van der Waals surface area (Å²) in [5.41, 5.74) is 0.595. The Balaban J connectivity index is 2.21. The number of benzene rings is 1. The molecule has 1 saturated heterocycles. The Kier molecular flexibility index (Phi) is 4.55. The lowest BCUT2D eigenvalue weighted by atomic mass is 10.1. The van der Waals surface area contributed by atoms with Crippen LogP contribution in [-0.4, -0.2) is 36.5 Å². The molecule has 0 bridgehead atoms. The lowest BCUT2D eigenvalue weighted by molar-refractivity contribution is 0.0614. The Hall–Kier alpha value is -0.690. The quantitative estimate of drug-likeness (QED) is 0.834. The predicted molar refractivity (Wildman–Crippen MR) is 77.1 cm³/mol. The van der Waals surface area contributed by atoms with Gasteiger partial charge in [0.25, 0.3) is 5.91 Å². The largest absolute Gasteiger partial charge is 0.333 e. The molecule has 0 aliphatic carbocycles. The van der Waals surface area contributed by atoms with Crippen LogP contribution in [-0.2, 0) is 0 Å². The molecule has 1 fully saturated rings. The van der Waals surface area contributed by atoms with E-state index in [0.29, 0.717) is 9.13 Å². The summed E-state index contributed by atoms with van der Waals surface area (Å²) >= 11 is 2.01. The van der Waals surface area contributed by atoms with Gasteiger partial charge in [-0.15, -0.1) is 0 Å². The third kappa shape index (κ3) is 2.83. The number of amides is 1. The van der Waals surface area contributed by atoms with Crippen molar-refractivity contribution in [3.63, 3.8) is 0 Å². The van der Waals surface area contributed by atoms with Crippen LogP contribution < -0.4 is 5.32 Å². The molecule has 3 nitrogen and oxygen atoms in total. The van der Waals surface area contributed by atoms with Crippen LogP contribution in [0.3, 0.4) is 0 Å². The molecule has 98 valence electrons. The van der Waals surface area contributed by atoms with Crippen molar-refractivity contribution in [3.8, 4) is 0 Å². The molecule has 0 aromatic heterocycles. The number of halogens is 2. The number of nitrogens with one attached hydrogen (secondary N) is 1. The van der Waals surface area contributed by atoms with Gasteiger partial charge in [-0.1, -0.05) is 6.92 Å². The molecule has 1 aromatic rings. The minimum Gasteiger partial charge on any atom is -0.333 e. The minimum absolute atomic E-state index is 0.00718. The van der Waals surface area contributed by atoms with Crippen LogP contribution in [0.15, 0.2) is 18.2 Å². The molecule has 18 heavy (non-hydrogen) atoms. The zero-order valence-electron chi connectivity index (χ0n) is 10.2. The Morgan fingerprint density at radius 1 is 1.56 bits per heavy atom. The smallest absolute Gasteiger partial charge is 0.255 e. The lowest BCUT2D eigenvalue weighted by Gasteiger charge is -2.38. The molecule has 2 rings (SSSR count). The lowest BCUT2D eigenvalue weighted by Crippen LogP contribution is -2.59. The number of carbonyl (C=O) groups is 1. The van der Waals surface area contributed by atoms with E-state index in [4.69, 9.17) is 0 Å². The topological polar surface area (TPSA) is 32.3 Å². The summed E-state index contributed by atoms with van der Waals surface area (Å²) in [4.78, 5) is 14.4. The number of hydrogen-bond acceptors (Lipinski definition) is 2. The zero-order valence-corrected chi connectivity index (χ0v) is 12.4. The fourth-order valence-electron chi connectivity index (χ4n) is 2.00. The third-order valence-electron chi connectivity index (χ3n) is 3.09. The highest BCUT2D eigenvalue weighted by atomic mass is 127. The van der Waals surface area contributed by atoms with Crippen molar-refractivity contribution in [3.05, 3.63) is 33.1 Å². The van der Waals surface area contributed by atoms with Gasteiger partial charge >= 0.3 is 0 Å². The van der Waals surface area contributed by atoms with Gasteiger partial charge in [0.1, 0.15) is 5.82 Å². The first-order chi connectivity index (χ1) is 8.63. The standard InChI is InChI=1S/C13H16FIN2O/c1-2-5-17(10-7-16-8-10)13(18)11-4-3-9(14)6-12(11)15/h3-4,6,10,16H,2,5,7-8H2,1H3. The van der Waals surface area contributed by atoms with Crippen molar-refractivity contribution in [2.45, 2.75) is 19.4 Å². The van der Waals surface area contributed by atoms with E-state index in [-0.39, 0.29) is 17.8 Å². The normalized spacial score (nSPS) is 15.3. The van der Waals surface area contributed by atoms with E-state index >= 15 is 0 Å². The second kappa shape index (κ2) is 5.97. The average Bonchev–Trinajstić information content (AvgIpc) is 2.25. The molecular formula is C13H16FIN2O. The van der Waals surface area contributed by atoms with Gasteiger partial charge in [-0.25, -0.2) is 4.39 Å². The summed E-state index contributed by atoms with van der Waals surface area (Å²) in [6.45, 7) is 4.51. The molecule has 1 aromatic carbocycles. The number of nitrogens with zero attached hydrogens (tertiary/aromatic N) is 1. The van der Waals surface area contributed by atoms with E-state index in [0.717, 1.165) is 26.1 Å². The third-order valence-corrected chi connectivity index (χ3v) is 3.98. The highest BCUT2D eigenvalue weighted by Crippen LogP contribution is 2.18. The van der Waals surface area contributed by atoms with Gasteiger partial charge in [0.15, 0.2) is 0 Å². The van der Waals surface area contributed by atoms with E-state index in [1.807, 2.05) is 27.5 Å². The molecule has 5 heteroatoms. The van der Waals surface area contributed by atoms with Crippen LogP contribution in [0.5, 0.6) is 0 Å². The van der Waals surface area contributed by atoms with Crippen LogP contribution in [0.25, 0.3) is 0 Å². The molecule has 0 spiro atoms. The SMILES string of the molecule is CCCN(C(=O)c1ccc(F)cc1I)C1CNC1. The molecule has 0 atom stereocenters. The summed E-state index contributed by atoms with van der Waals surface area (Å²) in [5, 5.41) is 3.17. The van der Waals surface area contributed by atoms with Crippen molar-refractivity contribution >= 4 is 28.5 Å². The first-order valence-electron chi connectivity index (χ1n) is 6.10. The Morgan fingerprint density at radius 2 is 2.28 bits per heavy atom. The second-order valence-electron chi connectivity index (χ2n) is 4.43. The molecule has 1 aliphatic heterocycles. The van der Waals surface area contributed by atoms with E-state index < -0.39 is 0 Å². The van der Waals surface area contributed by atoms with Gasteiger partial charge in [0.05, 0.1) is 11.6 Å². The molecule has 1 heterocycles. The van der Waals surface area contributed by atoms with Gasteiger partial charge in [-0.2, -0.15) is 0 Å². The van der Waals surface area contributed by atoms with E-state index in [2.05, 4.69) is 12.2 Å². The average molecular weight is 362 g/mol. The van der Waals surface area contributed by atoms with E-state index in [9.17, 15) is 9.18 Å². The van der Waals surface area contributed by atoms with E-state index in [1.165, 1.54) is 12.1 Å². The molecule has 0 radical (unpaired) electrons. The predicted octanol–water partition coefficient (Wildman–Crippen LogP) is 2.25. The van der Waals surface area contributed by atoms with Crippen LogP contribution >= 0.6 is 22.6 Å². The van der Waals surface area contributed by atoms with Crippen LogP contribution in [0.1, 0.15) is 23.7 Å². The Labute approximate surface area is 120 Å². The fourth-order valence-corrected chi connectivity index (χ4v) is 2.71. The van der Waals surface area contributed by atoms with Gasteiger partial charge in [0.2, 0.25) is 0 Å². The summed E-state index contributed by atoms with van der Waals surface area (Å²) < 4.78 is 13.7. The molecule has 0 saturated carbocycles. The fraction of sp³-hybridized carbons (Fsp3) is 0.462. The number of hydrogen-bond donors (Lipinski definition) is 1. The highest BCUT2D eigenvalue weighted by molar-refractivity contribution is 14.1. The summed E-state index contributed by atoms with van der Waals surface area (Å²) in [7, 11) is 0.